The SMILES string of the molecule is CCCCCCCCCCCCCCCCCCCn1cc[n+](CCCCCCC)c1CCCCCCCC. The summed E-state index contributed by atoms with van der Waals surface area (Å²) in [5.41, 5.74) is 0. The number of nitrogens with zero attached hydrogens (tertiary/aromatic N) is 2. The molecule has 0 aromatic carbocycles. The topological polar surface area (TPSA) is 8.81 Å². The van der Waals surface area contributed by atoms with Gasteiger partial charge in [-0.2, -0.15) is 0 Å². The van der Waals surface area contributed by atoms with Crippen molar-refractivity contribution < 1.29 is 4.57 Å². The van der Waals surface area contributed by atoms with Gasteiger partial charge in [-0.3, -0.25) is 0 Å². The first-order chi connectivity index (χ1) is 19.3. The summed E-state index contributed by atoms with van der Waals surface area (Å²) in [7, 11) is 0. The predicted molar refractivity (Wildman–Crippen MR) is 175 cm³/mol. The van der Waals surface area contributed by atoms with E-state index in [1.807, 2.05) is 0 Å². The summed E-state index contributed by atoms with van der Waals surface area (Å²) < 4.78 is 5.22. The number of aryl methyl sites for hydroxylation is 2. The van der Waals surface area contributed by atoms with Gasteiger partial charge in [-0.05, 0) is 32.1 Å². The molecule has 0 aliphatic carbocycles. The highest BCUT2D eigenvalue weighted by molar-refractivity contribution is 4.84. The van der Waals surface area contributed by atoms with Crippen LogP contribution in [0.25, 0.3) is 0 Å². The molecule has 0 fully saturated rings. The molecule has 1 aromatic rings. The van der Waals surface area contributed by atoms with Crippen LogP contribution in [0.15, 0.2) is 12.4 Å². The Morgan fingerprint density at radius 3 is 1.23 bits per heavy atom. The highest BCUT2D eigenvalue weighted by Crippen LogP contribution is 2.15. The van der Waals surface area contributed by atoms with Crippen molar-refractivity contribution in [3.8, 4) is 0 Å². The number of hydrogen-bond donors (Lipinski definition) is 0. The lowest BCUT2D eigenvalue weighted by molar-refractivity contribution is -0.704. The van der Waals surface area contributed by atoms with E-state index in [4.69, 9.17) is 0 Å². The lowest BCUT2D eigenvalue weighted by Gasteiger charge is -2.07. The van der Waals surface area contributed by atoms with E-state index in [0.29, 0.717) is 0 Å². The molecular formula is C37H73N2+. The molecule has 0 amide bonds. The van der Waals surface area contributed by atoms with Crippen molar-refractivity contribution in [2.45, 2.75) is 220 Å². The van der Waals surface area contributed by atoms with Gasteiger partial charge >= 0.3 is 0 Å². The zero-order valence-electron chi connectivity index (χ0n) is 27.5. The molecular weight excluding hydrogens is 472 g/mol. The summed E-state index contributed by atoms with van der Waals surface area (Å²) in [6, 6.07) is 0. The van der Waals surface area contributed by atoms with Crippen LogP contribution in [0.5, 0.6) is 0 Å². The summed E-state index contributed by atoms with van der Waals surface area (Å²) >= 11 is 0. The van der Waals surface area contributed by atoms with E-state index in [9.17, 15) is 0 Å². The molecule has 0 aliphatic rings. The fourth-order valence-electron chi connectivity index (χ4n) is 6.15. The normalized spacial score (nSPS) is 11.6. The fraction of sp³-hybridized carbons (Fsp3) is 0.919. The van der Waals surface area contributed by atoms with Crippen molar-refractivity contribution in [3.05, 3.63) is 18.2 Å². The second-order valence-electron chi connectivity index (χ2n) is 12.7. The minimum Gasteiger partial charge on any atom is -0.234 e. The molecule has 1 rings (SSSR count). The van der Waals surface area contributed by atoms with E-state index in [-0.39, 0.29) is 0 Å². The highest BCUT2D eigenvalue weighted by atomic mass is 15.1. The van der Waals surface area contributed by atoms with Crippen LogP contribution < -0.4 is 4.57 Å². The average molecular weight is 546 g/mol. The van der Waals surface area contributed by atoms with Gasteiger partial charge in [0.15, 0.2) is 0 Å². The van der Waals surface area contributed by atoms with E-state index in [2.05, 4.69) is 42.3 Å². The van der Waals surface area contributed by atoms with Gasteiger partial charge in [-0.25, -0.2) is 9.13 Å². The van der Waals surface area contributed by atoms with E-state index >= 15 is 0 Å². The van der Waals surface area contributed by atoms with Crippen LogP contribution in [-0.4, -0.2) is 4.57 Å². The number of hydrogen-bond acceptors (Lipinski definition) is 0. The Morgan fingerprint density at radius 2 is 0.795 bits per heavy atom. The average Bonchev–Trinajstić information content (AvgIpc) is 3.33. The predicted octanol–water partition coefficient (Wildman–Crippen LogP) is 12.3. The second-order valence-corrected chi connectivity index (χ2v) is 12.7. The van der Waals surface area contributed by atoms with Gasteiger partial charge in [0.2, 0.25) is 0 Å². The van der Waals surface area contributed by atoms with Crippen LogP contribution >= 0.6 is 0 Å². The first-order valence-corrected chi connectivity index (χ1v) is 18.4. The first-order valence-electron chi connectivity index (χ1n) is 18.4. The van der Waals surface area contributed by atoms with E-state index in [0.717, 1.165) is 0 Å². The van der Waals surface area contributed by atoms with E-state index in [1.54, 1.807) is 5.82 Å². The first kappa shape index (κ1) is 36.2. The third-order valence-corrected chi connectivity index (χ3v) is 8.85. The second kappa shape index (κ2) is 28.7. The molecule has 0 atom stereocenters. The van der Waals surface area contributed by atoms with Gasteiger partial charge in [0, 0.05) is 6.42 Å². The Bertz CT molecular complexity index is 605. The maximum absolute atomic E-state index is 2.61. The third-order valence-electron chi connectivity index (χ3n) is 8.85. The van der Waals surface area contributed by atoms with Crippen LogP contribution in [0.1, 0.15) is 206 Å². The molecule has 0 saturated heterocycles. The van der Waals surface area contributed by atoms with Crippen molar-refractivity contribution in [1.29, 1.82) is 0 Å². The van der Waals surface area contributed by atoms with Gasteiger partial charge < -0.3 is 0 Å². The zero-order valence-corrected chi connectivity index (χ0v) is 27.5. The zero-order chi connectivity index (χ0) is 28.1. The molecule has 0 saturated carbocycles. The van der Waals surface area contributed by atoms with Crippen LogP contribution in [0.2, 0.25) is 0 Å². The Balaban J connectivity index is 2.13. The molecule has 1 aromatic heterocycles. The number of unbranched alkanes of at least 4 members (excludes halogenated alkanes) is 25. The molecule has 1 heterocycles. The Morgan fingerprint density at radius 1 is 0.436 bits per heavy atom. The molecule has 2 heteroatoms. The molecule has 0 unspecified atom stereocenters. The monoisotopic (exact) mass is 546 g/mol. The molecule has 230 valence electrons. The van der Waals surface area contributed by atoms with Crippen LogP contribution in [-0.2, 0) is 19.5 Å². The highest BCUT2D eigenvalue weighted by Gasteiger charge is 2.16. The fourth-order valence-corrected chi connectivity index (χ4v) is 6.15. The summed E-state index contributed by atoms with van der Waals surface area (Å²) in [6.07, 6.45) is 46.0. The van der Waals surface area contributed by atoms with E-state index < -0.39 is 0 Å². The minimum atomic E-state index is 1.22. The largest absolute Gasteiger partial charge is 0.256 e. The molecule has 0 spiro atoms. The standard InChI is InChI=1S/C37H73N2/c1-4-7-10-13-15-16-17-18-19-20-21-22-23-24-25-28-31-34-39-36-35-38(33-30-27-12-9-6-3)37(39)32-29-26-14-11-8-5-2/h35-36H,4-34H2,1-3H3/q+1. The molecule has 0 bridgehead atoms. The number of rotatable bonds is 31. The Labute approximate surface area is 247 Å². The van der Waals surface area contributed by atoms with E-state index in [1.165, 1.54) is 199 Å². The third kappa shape index (κ3) is 21.6. The van der Waals surface area contributed by atoms with Gasteiger partial charge in [0.05, 0.1) is 13.1 Å². The summed E-state index contributed by atoms with van der Waals surface area (Å²) in [6.45, 7) is 9.39. The smallest absolute Gasteiger partial charge is 0.234 e. The van der Waals surface area contributed by atoms with Crippen LogP contribution in [0.3, 0.4) is 0 Å². The van der Waals surface area contributed by atoms with Crippen molar-refractivity contribution in [1.82, 2.24) is 4.57 Å². The van der Waals surface area contributed by atoms with Crippen molar-refractivity contribution in [2.75, 3.05) is 0 Å². The van der Waals surface area contributed by atoms with Crippen LogP contribution in [0, 0.1) is 0 Å². The lowest BCUT2D eigenvalue weighted by Crippen LogP contribution is -2.37. The van der Waals surface area contributed by atoms with Gasteiger partial charge in [0.1, 0.15) is 12.4 Å². The molecule has 0 radical (unpaired) electrons. The summed E-state index contributed by atoms with van der Waals surface area (Å²) in [4.78, 5) is 0. The Kier molecular flexibility index (Phi) is 26.7. The van der Waals surface area contributed by atoms with Gasteiger partial charge in [-0.1, -0.05) is 168 Å². The van der Waals surface area contributed by atoms with Crippen molar-refractivity contribution in [2.24, 2.45) is 0 Å². The van der Waals surface area contributed by atoms with Crippen molar-refractivity contribution in [3.63, 3.8) is 0 Å². The van der Waals surface area contributed by atoms with Crippen molar-refractivity contribution >= 4 is 0 Å². The van der Waals surface area contributed by atoms with Gasteiger partial charge in [0.25, 0.3) is 5.82 Å². The molecule has 2 nitrogen and oxygen atoms in total. The number of aromatic nitrogens is 2. The number of imidazole rings is 1. The Hall–Kier alpha value is -0.790. The lowest BCUT2D eigenvalue weighted by atomic mass is 10.0. The van der Waals surface area contributed by atoms with Gasteiger partial charge in [-0.15, -0.1) is 0 Å². The maximum atomic E-state index is 2.61. The summed E-state index contributed by atoms with van der Waals surface area (Å²) in [5.74, 6) is 1.61. The van der Waals surface area contributed by atoms with Crippen LogP contribution in [0.4, 0.5) is 0 Å². The molecule has 39 heavy (non-hydrogen) atoms. The molecule has 0 aliphatic heterocycles. The maximum Gasteiger partial charge on any atom is 0.256 e. The quantitative estimate of drug-likeness (QED) is 0.0648. The molecule has 0 N–H and O–H groups in total. The summed E-state index contributed by atoms with van der Waals surface area (Å²) in [5, 5.41) is 0. The minimum absolute atomic E-state index is 1.22.